The van der Waals surface area contributed by atoms with E-state index in [1.807, 2.05) is 56.3 Å². The Bertz CT molecular complexity index is 771. The molecule has 0 aromatic heterocycles. The molecule has 1 aliphatic rings. The lowest BCUT2D eigenvalue weighted by atomic mass is 10.00. The van der Waals surface area contributed by atoms with Gasteiger partial charge in [0.2, 0.25) is 11.8 Å². The fourth-order valence-electron chi connectivity index (χ4n) is 3.39. The summed E-state index contributed by atoms with van der Waals surface area (Å²) >= 11 is 0. The average molecular weight is 350 g/mol. The summed E-state index contributed by atoms with van der Waals surface area (Å²) in [5.74, 6) is -0.184. The fourth-order valence-corrected chi connectivity index (χ4v) is 3.39. The molecule has 2 aromatic rings. The highest BCUT2D eigenvalue weighted by Crippen LogP contribution is 2.19. The van der Waals surface area contributed by atoms with Crippen molar-refractivity contribution in [3.8, 4) is 0 Å². The topological polar surface area (TPSA) is 40.6 Å². The van der Waals surface area contributed by atoms with Crippen molar-refractivity contribution in [3.63, 3.8) is 0 Å². The van der Waals surface area contributed by atoms with Crippen LogP contribution >= 0.6 is 0 Å². The lowest BCUT2D eigenvalue weighted by molar-refractivity contribution is -0.142. The predicted octanol–water partition coefficient (Wildman–Crippen LogP) is 3.40. The summed E-state index contributed by atoms with van der Waals surface area (Å²) in [5, 5.41) is 0. The van der Waals surface area contributed by atoms with Gasteiger partial charge in [-0.25, -0.2) is 0 Å². The Morgan fingerprint density at radius 1 is 1.00 bits per heavy atom. The Hall–Kier alpha value is -2.62. The van der Waals surface area contributed by atoms with E-state index in [0.29, 0.717) is 19.6 Å². The average Bonchev–Trinajstić information content (AvgIpc) is 2.66. The van der Waals surface area contributed by atoms with Crippen molar-refractivity contribution in [2.24, 2.45) is 0 Å². The van der Waals surface area contributed by atoms with Crippen LogP contribution in [0.5, 0.6) is 0 Å². The fraction of sp³-hybridized carbons (Fsp3) is 0.364. The van der Waals surface area contributed by atoms with Gasteiger partial charge in [0.1, 0.15) is 6.42 Å². The van der Waals surface area contributed by atoms with Gasteiger partial charge < -0.3 is 9.80 Å². The zero-order valence-electron chi connectivity index (χ0n) is 15.5. The van der Waals surface area contributed by atoms with Crippen LogP contribution in [0.3, 0.4) is 0 Å². The molecule has 0 bridgehead atoms. The Morgan fingerprint density at radius 2 is 1.65 bits per heavy atom. The summed E-state index contributed by atoms with van der Waals surface area (Å²) in [6, 6.07) is 18.2. The van der Waals surface area contributed by atoms with Gasteiger partial charge in [0.25, 0.3) is 0 Å². The molecule has 4 heteroatoms. The minimum Gasteiger partial charge on any atom is -0.338 e. The van der Waals surface area contributed by atoms with Crippen molar-refractivity contribution in [2.75, 3.05) is 6.54 Å². The largest absolute Gasteiger partial charge is 0.338 e. The SMILES string of the molecule is CC(C)N(Cc1ccccc1)C(=O)CC(=O)N1CCc2ccccc2C1. The maximum Gasteiger partial charge on any atom is 0.232 e. The summed E-state index contributed by atoms with van der Waals surface area (Å²) < 4.78 is 0. The molecule has 4 nitrogen and oxygen atoms in total. The molecular weight excluding hydrogens is 324 g/mol. The monoisotopic (exact) mass is 350 g/mol. The number of amides is 2. The van der Waals surface area contributed by atoms with Gasteiger partial charge in [-0.1, -0.05) is 54.6 Å². The first kappa shape index (κ1) is 18.2. The summed E-state index contributed by atoms with van der Waals surface area (Å²) in [6.45, 7) is 5.80. The molecule has 0 radical (unpaired) electrons. The standard InChI is InChI=1S/C22H26N2O2/c1-17(2)24(15-18-8-4-3-5-9-18)22(26)14-21(25)23-13-12-19-10-6-7-11-20(19)16-23/h3-11,17H,12-16H2,1-2H3. The maximum absolute atomic E-state index is 12.8. The van der Waals surface area contributed by atoms with Gasteiger partial charge >= 0.3 is 0 Å². The molecule has 26 heavy (non-hydrogen) atoms. The number of benzene rings is 2. The van der Waals surface area contributed by atoms with Crippen LogP contribution in [-0.4, -0.2) is 34.2 Å². The van der Waals surface area contributed by atoms with Gasteiger partial charge in [0.15, 0.2) is 0 Å². The van der Waals surface area contributed by atoms with Crippen LogP contribution in [0, 0.1) is 0 Å². The van der Waals surface area contributed by atoms with Crippen molar-refractivity contribution in [3.05, 3.63) is 71.3 Å². The van der Waals surface area contributed by atoms with Gasteiger partial charge in [-0.3, -0.25) is 9.59 Å². The minimum absolute atomic E-state index is 0.0533. The third-order valence-electron chi connectivity index (χ3n) is 4.93. The number of carbonyl (C=O) groups excluding carboxylic acids is 2. The first-order chi connectivity index (χ1) is 12.5. The third kappa shape index (κ3) is 4.31. The lowest BCUT2D eigenvalue weighted by Gasteiger charge is -2.31. The van der Waals surface area contributed by atoms with Crippen LogP contribution in [-0.2, 0) is 29.1 Å². The number of nitrogens with zero attached hydrogens (tertiary/aromatic N) is 2. The molecule has 2 amide bonds. The molecule has 0 atom stereocenters. The molecular formula is C22H26N2O2. The highest BCUT2D eigenvalue weighted by atomic mass is 16.2. The zero-order valence-corrected chi connectivity index (χ0v) is 15.5. The number of hydrogen-bond acceptors (Lipinski definition) is 2. The van der Waals surface area contributed by atoms with Crippen LogP contribution < -0.4 is 0 Å². The van der Waals surface area contributed by atoms with E-state index in [1.165, 1.54) is 11.1 Å². The zero-order chi connectivity index (χ0) is 18.5. The van der Waals surface area contributed by atoms with Crippen molar-refractivity contribution in [1.29, 1.82) is 0 Å². The quantitative estimate of drug-likeness (QED) is 0.776. The first-order valence-corrected chi connectivity index (χ1v) is 9.22. The minimum atomic E-state index is -0.104. The molecule has 0 saturated heterocycles. The molecule has 1 heterocycles. The molecule has 0 aliphatic carbocycles. The summed E-state index contributed by atoms with van der Waals surface area (Å²) in [7, 11) is 0. The van der Waals surface area contributed by atoms with Crippen molar-refractivity contribution in [2.45, 2.75) is 45.8 Å². The summed E-state index contributed by atoms with van der Waals surface area (Å²) in [4.78, 5) is 29.0. The molecule has 2 aromatic carbocycles. The number of rotatable bonds is 5. The van der Waals surface area contributed by atoms with Gasteiger partial charge in [0.05, 0.1) is 0 Å². The van der Waals surface area contributed by atoms with Gasteiger partial charge in [-0.15, -0.1) is 0 Å². The number of hydrogen-bond donors (Lipinski definition) is 0. The second-order valence-electron chi connectivity index (χ2n) is 7.11. The van der Waals surface area contributed by atoms with Crippen molar-refractivity contribution < 1.29 is 9.59 Å². The van der Waals surface area contributed by atoms with Crippen LogP contribution in [0.1, 0.15) is 37.0 Å². The Balaban J connectivity index is 1.63. The van der Waals surface area contributed by atoms with Crippen LogP contribution in [0.4, 0.5) is 0 Å². The van der Waals surface area contributed by atoms with E-state index in [9.17, 15) is 9.59 Å². The highest BCUT2D eigenvalue weighted by Gasteiger charge is 2.25. The number of fused-ring (bicyclic) bond motifs is 1. The molecule has 0 unspecified atom stereocenters. The highest BCUT2D eigenvalue weighted by molar-refractivity contribution is 5.97. The molecule has 0 saturated carbocycles. The van der Waals surface area contributed by atoms with Crippen LogP contribution in [0.25, 0.3) is 0 Å². The molecule has 1 aliphatic heterocycles. The molecule has 0 fully saturated rings. The summed E-state index contributed by atoms with van der Waals surface area (Å²) in [6.07, 6.45) is 0.793. The van der Waals surface area contributed by atoms with E-state index >= 15 is 0 Å². The Kier molecular flexibility index (Phi) is 5.71. The lowest BCUT2D eigenvalue weighted by Crippen LogP contribution is -2.42. The van der Waals surface area contributed by atoms with Gasteiger partial charge in [0, 0.05) is 25.7 Å². The van der Waals surface area contributed by atoms with E-state index < -0.39 is 0 Å². The van der Waals surface area contributed by atoms with Crippen LogP contribution in [0.15, 0.2) is 54.6 Å². The van der Waals surface area contributed by atoms with E-state index in [4.69, 9.17) is 0 Å². The summed E-state index contributed by atoms with van der Waals surface area (Å²) in [5.41, 5.74) is 3.56. The van der Waals surface area contributed by atoms with E-state index in [0.717, 1.165) is 12.0 Å². The smallest absolute Gasteiger partial charge is 0.232 e. The van der Waals surface area contributed by atoms with Gasteiger partial charge in [-0.2, -0.15) is 0 Å². The second kappa shape index (κ2) is 8.17. The van der Waals surface area contributed by atoms with Crippen molar-refractivity contribution in [1.82, 2.24) is 9.80 Å². The first-order valence-electron chi connectivity index (χ1n) is 9.22. The molecule has 0 N–H and O–H groups in total. The Morgan fingerprint density at radius 3 is 2.35 bits per heavy atom. The van der Waals surface area contributed by atoms with E-state index in [1.54, 1.807) is 9.80 Å². The third-order valence-corrected chi connectivity index (χ3v) is 4.93. The van der Waals surface area contributed by atoms with Crippen LogP contribution in [0.2, 0.25) is 0 Å². The second-order valence-corrected chi connectivity index (χ2v) is 7.11. The normalized spacial score (nSPS) is 13.4. The van der Waals surface area contributed by atoms with E-state index in [-0.39, 0.29) is 24.3 Å². The predicted molar refractivity (Wildman–Crippen MR) is 102 cm³/mol. The van der Waals surface area contributed by atoms with Crippen molar-refractivity contribution >= 4 is 11.8 Å². The molecule has 0 spiro atoms. The number of carbonyl (C=O) groups is 2. The Labute approximate surface area is 155 Å². The maximum atomic E-state index is 12.8. The molecule has 3 rings (SSSR count). The molecule has 136 valence electrons. The van der Waals surface area contributed by atoms with Gasteiger partial charge in [-0.05, 0) is 37.0 Å². The van der Waals surface area contributed by atoms with E-state index in [2.05, 4.69) is 12.1 Å².